The van der Waals surface area contributed by atoms with Crippen molar-refractivity contribution >= 4 is 16.8 Å². The van der Waals surface area contributed by atoms with Gasteiger partial charge in [0.25, 0.3) is 5.56 Å². The van der Waals surface area contributed by atoms with E-state index in [1.165, 1.54) is 41.2 Å². The fourth-order valence-corrected chi connectivity index (χ4v) is 4.15. The minimum absolute atomic E-state index is 0.168. The molecule has 1 amide bonds. The van der Waals surface area contributed by atoms with Crippen LogP contribution in [0.2, 0.25) is 0 Å². The van der Waals surface area contributed by atoms with E-state index in [0.29, 0.717) is 6.54 Å². The summed E-state index contributed by atoms with van der Waals surface area (Å²) >= 11 is 0. The number of carbonyl (C=O) groups is 1. The first-order chi connectivity index (χ1) is 14.0. The molecule has 3 aromatic rings. The number of nitrogens with zero attached hydrogens (tertiary/aromatic N) is 2. The second kappa shape index (κ2) is 7.73. The third-order valence-corrected chi connectivity index (χ3v) is 5.74. The van der Waals surface area contributed by atoms with Gasteiger partial charge in [-0.1, -0.05) is 25.0 Å². The zero-order chi connectivity index (χ0) is 20.4. The number of nitrogens with one attached hydrogen (secondary N) is 1. The van der Waals surface area contributed by atoms with E-state index in [2.05, 4.69) is 10.3 Å². The largest absolute Gasteiger partial charge is 0.354 e. The van der Waals surface area contributed by atoms with E-state index >= 15 is 0 Å². The number of aromatic nitrogens is 2. The number of amides is 1. The van der Waals surface area contributed by atoms with E-state index in [9.17, 15) is 18.4 Å². The van der Waals surface area contributed by atoms with E-state index in [0.717, 1.165) is 31.2 Å². The summed E-state index contributed by atoms with van der Waals surface area (Å²) in [5, 5.41) is 3.20. The van der Waals surface area contributed by atoms with Crippen molar-refractivity contribution in [3.05, 3.63) is 76.3 Å². The van der Waals surface area contributed by atoms with Gasteiger partial charge in [-0.2, -0.15) is 0 Å². The van der Waals surface area contributed by atoms with Gasteiger partial charge in [0.15, 0.2) is 0 Å². The zero-order valence-electron chi connectivity index (χ0n) is 15.8. The van der Waals surface area contributed by atoms with Crippen LogP contribution < -0.4 is 10.9 Å². The number of halogens is 2. The van der Waals surface area contributed by atoms with Gasteiger partial charge < -0.3 is 5.32 Å². The molecular formula is C22H21F2N3O2. The van der Waals surface area contributed by atoms with Crippen LogP contribution in [0.3, 0.4) is 0 Å². The Balaban J connectivity index is 1.49. The Bertz CT molecular complexity index is 1100. The second-order valence-electron chi connectivity index (χ2n) is 7.61. The molecule has 150 valence electrons. The molecule has 29 heavy (non-hydrogen) atoms. The van der Waals surface area contributed by atoms with E-state index in [-0.39, 0.29) is 40.1 Å². The molecule has 5 nitrogen and oxygen atoms in total. The highest BCUT2D eigenvalue weighted by Gasteiger charge is 2.35. The van der Waals surface area contributed by atoms with Crippen LogP contribution in [0.4, 0.5) is 8.78 Å². The third-order valence-electron chi connectivity index (χ3n) is 5.74. The molecule has 0 aliphatic heterocycles. The van der Waals surface area contributed by atoms with Crippen molar-refractivity contribution in [3.63, 3.8) is 0 Å². The summed E-state index contributed by atoms with van der Waals surface area (Å²) in [6.45, 7) is 0.261. The molecule has 2 aromatic carbocycles. The summed E-state index contributed by atoms with van der Waals surface area (Å²) < 4.78 is 27.8. The minimum atomic E-state index is -0.470. The van der Waals surface area contributed by atoms with Crippen LogP contribution in [0.25, 0.3) is 10.9 Å². The second-order valence-corrected chi connectivity index (χ2v) is 7.61. The Morgan fingerprint density at radius 3 is 2.48 bits per heavy atom. The Morgan fingerprint density at radius 1 is 1.07 bits per heavy atom. The van der Waals surface area contributed by atoms with Crippen molar-refractivity contribution < 1.29 is 13.6 Å². The molecule has 1 aliphatic carbocycles. The van der Waals surface area contributed by atoms with Crippen molar-refractivity contribution in [3.8, 4) is 0 Å². The van der Waals surface area contributed by atoms with Crippen molar-refractivity contribution in [2.45, 2.75) is 37.6 Å². The molecule has 0 atom stereocenters. The van der Waals surface area contributed by atoms with Crippen molar-refractivity contribution in [2.24, 2.45) is 0 Å². The highest BCUT2D eigenvalue weighted by molar-refractivity contribution is 5.79. The molecule has 1 saturated carbocycles. The number of rotatable bonds is 5. The normalized spacial score (nSPS) is 15.5. The van der Waals surface area contributed by atoms with Gasteiger partial charge in [-0.05, 0) is 42.7 Å². The zero-order valence-corrected chi connectivity index (χ0v) is 15.8. The van der Waals surface area contributed by atoms with Crippen LogP contribution in [0.15, 0.2) is 53.6 Å². The average molecular weight is 397 g/mol. The number of benzene rings is 2. The maximum atomic E-state index is 13.3. The standard InChI is InChI=1S/C22H21F2N3O2/c23-16-5-3-15(4-6-16)22(9-1-2-10-22)13-25-20(28)12-27-14-26-19-11-17(24)7-8-18(19)21(27)29/h3-8,11,14H,1-2,9-10,12-13H2,(H,25,28). The molecule has 1 aliphatic rings. The summed E-state index contributed by atoms with van der Waals surface area (Å²) in [4.78, 5) is 29.1. The molecule has 0 radical (unpaired) electrons. The Morgan fingerprint density at radius 2 is 1.76 bits per heavy atom. The summed E-state index contributed by atoms with van der Waals surface area (Å²) in [5.41, 5.74) is 0.670. The summed E-state index contributed by atoms with van der Waals surface area (Å²) in [7, 11) is 0. The number of fused-ring (bicyclic) bond motifs is 1. The third kappa shape index (κ3) is 3.90. The monoisotopic (exact) mass is 397 g/mol. The summed E-state index contributed by atoms with van der Waals surface area (Å²) in [5.74, 6) is -1.06. The van der Waals surface area contributed by atoms with Crippen LogP contribution >= 0.6 is 0 Å². The van der Waals surface area contributed by atoms with Gasteiger partial charge in [0.2, 0.25) is 5.91 Å². The Labute approximate surface area is 166 Å². The van der Waals surface area contributed by atoms with Gasteiger partial charge in [-0.3, -0.25) is 14.2 Å². The van der Waals surface area contributed by atoms with Crippen LogP contribution in [-0.4, -0.2) is 22.0 Å². The molecule has 0 bridgehead atoms. The maximum Gasteiger partial charge on any atom is 0.261 e. The SMILES string of the molecule is O=C(Cn1cnc2cc(F)ccc2c1=O)NCC1(c2ccc(F)cc2)CCCC1. The number of hydrogen-bond donors (Lipinski definition) is 1. The Kier molecular flexibility index (Phi) is 5.13. The quantitative estimate of drug-likeness (QED) is 0.719. The van der Waals surface area contributed by atoms with Crippen LogP contribution in [-0.2, 0) is 16.8 Å². The van der Waals surface area contributed by atoms with Crippen molar-refractivity contribution in [1.82, 2.24) is 14.9 Å². The number of carbonyl (C=O) groups excluding carboxylic acids is 1. The fraction of sp³-hybridized carbons (Fsp3) is 0.318. The molecule has 7 heteroatoms. The first kappa shape index (κ1) is 19.2. The summed E-state index contributed by atoms with van der Waals surface area (Å²) in [6.07, 6.45) is 5.20. The Hall–Kier alpha value is -3.09. The van der Waals surface area contributed by atoms with Gasteiger partial charge in [0.05, 0.1) is 17.2 Å². The van der Waals surface area contributed by atoms with Crippen molar-refractivity contribution in [1.29, 1.82) is 0 Å². The molecule has 0 spiro atoms. The van der Waals surface area contributed by atoms with E-state index in [4.69, 9.17) is 0 Å². The van der Waals surface area contributed by atoms with E-state index in [1.807, 2.05) is 0 Å². The topological polar surface area (TPSA) is 64.0 Å². The molecule has 4 rings (SSSR count). The molecule has 1 heterocycles. The number of hydrogen-bond acceptors (Lipinski definition) is 3. The summed E-state index contributed by atoms with van der Waals surface area (Å²) in [6, 6.07) is 10.2. The van der Waals surface area contributed by atoms with E-state index < -0.39 is 5.82 Å². The van der Waals surface area contributed by atoms with Gasteiger partial charge in [0.1, 0.15) is 18.2 Å². The predicted molar refractivity (Wildman–Crippen MR) is 106 cm³/mol. The van der Waals surface area contributed by atoms with Gasteiger partial charge in [0, 0.05) is 18.0 Å². The first-order valence-electron chi connectivity index (χ1n) is 9.64. The lowest BCUT2D eigenvalue weighted by molar-refractivity contribution is -0.122. The fourth-order valence-electron chi connectivity index (χ4n) is 4.15. The van der Waals surface area contributed by atoms with Crippen LogP contribution in [0.1, 0.15) is 31.2 Å². The highest BCUT2D eigenvalue weighted by Crippen LogP contribution is 2.40. The lowest BCUT2D eigenvalue weighted by Crippen LogP contribution is -2.41. The molecule has 0 saturated heterocycles. The van der Waals surface area contributed by atoms with Gasteiger partial charge >= 0.3 is 0 Å². The van der Waals surface area contributed by atoms with E-state index in [1.54, 1.807) is 12.1 Å². The first-order valence-corrected chi connectivity index (χ1v) is 9.64. The van der Waals surface area contributed by atoms with Crippen LogP contribution in [0.5, 0.6) is 0 Å². The van der Waals surface area contributed by atoms with Crippen molar-refractivity contribution in [2.75, 3.05) is 6.54 Å². The lowest BCUT2D eigenvalue weighted by Gasteiger charge is -2.30. The smallest absolute Gasteiger partial charge is 0.261 e. The highest BCUT2D eigenvalue weighted by atomic mass is 19.1. The average Bonchev–Trinajstić information content (AvgIpc) is 3.19. The maximum absolute atomic E-state index is 13.3. The van der Waals surface area contributed by atoms with Gasteiger partial charge in [-0.25, -0.2) is 13.8 Å². The molecule has 1 aromatic heterocycles. The molecule has 1 N–H and O–H groups in total. The van der Waals surface area contributed by atoms with Gasteiger partial charge in [-0.15, -0.1) is 0 Å². The minimum Gasteiger partial charge on any atom is -0.354 e. The lowest BCUT2D eigenvalue weighted by atomic mass is 9.79. The molecule has 1 fully saturated rings. The predicted octanol–water partition coefficient (Wildman–Crippen LogP) is 3.30. The van der Waals surface area contributed by atoms with Crippen LogP contribution in [0, 0.1) is 11.6 Å². The molecular weight excluding hydrogens is 376 g/mol. The molecule has 0 unspecified atom stereocenters.